The third-order valence-electron chi connectivity index (χ3n) is 1.55. The first kappa shape index (κ1) is 11.7. The van der Waals surface area contributed by atoms with Crippen LogP contribution in [0.4, 0.5) is 14.5 Å². The van der Waals surface area contributed by atoms with E-state index < -0.39 is 28.3 Å². The summed E-state index contributed by atoms with van der Waals surface area (Å²) in [6, 6.07) is 1.40. The number of halogens is 3. The number of aromatic nitrogens is 1. The van der Waals surface area contributed by atoms with Gasteiger partial charge in [-0.15, -0.1) is 0 Å². The van der Waals surface area contributed by atoms with Gasteiger partial charge in [-0.05, 0) is 22.6 Å². The van der Waals surface area contributed by atoms with Crippen molar-refractivity contribution in [1.29, 1.82) is 5.26 Å². The summed E-state index contributed by atoms with van der Waals surface area (Å²) < 4.78 is 25.0. The molecule has 0 bridgehead atoms. The average Bonchev–Trinajstić information content (AvgIpc) is 2.16. The molecule has 0 saturated carbocycles. The van der Waals surface area contributed by atoms with E-state index in [9.17, 15) is 18.9 Å². The smallest absolute Gasteiger partial charge is 0.258 e. The van der Waals surface area contributed by atoms with E-state index in [2.05, 4.69) is 4.98 Å². The molecule has 0 radical (unpaired) electrons. The van der Waals surface area contributed by atoms with Crippen LogP contribution in [0.25, 0.3) is 0 Å². The molecule has 15 heavy (non-hydrogen) atoms. The first-order chi connectivity index (χ1) is 6.99. The molecule has 0 amide bonds. The highest BCUT2D eigenvalue weighted by Crippen LogP contribution is 2.33. The number of hydrogen-bond donors (Lipinski definition) is 0. The van der Waals surface area contributed by atoms with Gasteiger partial charge in [-0.2, -0.15) is 5.26 Å². The lowest BCUT2D eigenvalue weighted by molar-refractivity contribution is -0.387. The molecule has 78 valence electrons. The first-order valence-electron chi connectivity index (χ1n) is 3.50. The lowest BCUT2D eigenvalue weighted by atomic mass is 10.2. The van der Waals surface area contributed by atoms with Gasteiger partial charge in [0, 0.05) is 6.20 Å². The van der Waals surface area contributed by atoms with Crippen LogP contribution in [0.5, 0.6) is 0 Å². The van der Waals surface area contributed by atoms with Gasteiger partial charge >= 0.3 is 0 Å². The highest BCUT2D eigenvalue weighted by atomic mass is 127. The standard InChI is InChI=1S/C7H2F2IN3O2/c8-7(9)5-4(1-11)12-2-3(10)6(5)13(14)15/h2,7H. The Balaban J connectivity index is 3.60. The molecule has 0 saturated heterocycles. The summed E-state index contributed by atoms with van der Waals surface area (Å²) in [7, 11) is 0. The highest BCUT2D eigenvalue weighted by molar-refractivity contribution is 14.1. The van der Waals surface area contributed by atoms with E-state index in [1.807, 2.05) is 0 Å². The molecule has 0 atom stereocenters. The minimum Gasteiger partial charge on any atom is -0.258 e. The number of nitro groups is 1. The van der Waals surface area contributed by atoms with E-state index in [-0.39, 0.29) is 3.57 Å². The molecule has 0 spiro atoms. The van der Waals surface area contributed by atoms with E-state index in [1.54, 1.807) is 0 Å². The maximum Gasteiger partial charge on any atom is 0.296 e. The minimum absolute atomic E-state index is 0.0214. The summed E-state index contributed by atoms with van der Waals surface area (Å²) >= 11 is 1.52. The number of pyridine rings is 1. The normalized spacial score (nSPS) is 10.1. The monoisotopic (exact) mass is 325 g/mol. The van der Waals surface area contributed by atoms with Crippen LogP contribution in [-0.4, -0.2) is 9.91 Å². The van der Waals surface area contributed by atoms with Crippen molar-refractivity contribution < 1.29 is 13.7 Å². The third kappa shape index (κ3) is 2.17. The zero-order valence-electron chi connectivity index (χ0n) is 6.95. The maximum atomic E-state index is 12.5. The predicted molar refractivity (Wildman–Crippen MR) is 53.3 cm³/mol. The molecule has 0 unspecified atom stereocenters. The van der Waals surface area contributed by atoms with E-state index >= 15 is 0 Å². The van der Waals surface area contributed by atoms with Gasteiger partial charge in [0.1, 0.15) is 15.2 Å². The summed E-state index contributed by atoms with van der Waals surface area (Å²) in [6.07, 6.45) is -2.08. The molecule has 5 nitrogen and oxygen atoms in total. The van der Waals surface area contributed by atoms with E-state index in [0.717, 1.165) is 6.20 Å². The zero-order valence-corrected chi connectivity index (χ0v) is 9.10. The van der Waals surface area contributed by atoms with Gasteiger partial charge in [-0.3, -0.25) is 10.1 Å². The van der Waals surface area contributed by atoms with Crippen LogP contribution in [0, 0.1) is 25.0 Å². The maximum absolute atomic E-state index is 12.5. The molecule has 0 aliphatic heterocycles. The quantitative estimate of drug-likeness (QED) is 0.475. The van der Waals surface area contributed by atoms with E-state index in [1.165, 1.54) is 28.7 Å². The molecular formula is C7H2F2IN3O2. The van der Waals surface area contributed by atoms with Crippen molar-refractivity contribution >= 4 is 28.3 Å². The summed E-state index contributed by atoms with van der Waals surface area (Å²) in [6.45, 7) is 0. The summed E-state index contributed by atoms with van der Waals surface area (Å²) in [5.41, 5.74) is -2.29. The minimum atomic E-state index is -3.10. The van der Waals surface area contributed by atoms with Gasteiger partial charge in [0.25, 0.3) is 12.1 Å². The zero-order chi connectivity index (χ0) is 11.6. The fraction of sp³-hybridized carbons (Fsp3) is 0.143. The molecule has 0 N–H and O–H groups in total. The number of nitrogens with zero attached hydrogens (tertiary/aromatic N) is 3. The molecule has 0 aliphatic carbocycles. The second-order valence-corrected chi connectivity index (χ2v) is 3.55. The van der Waals surface area contributed by atoms with Crippen molar-refractivity contribution in [3.05, 3.63) is 31.1 Å². The Bertz CT molecular complexity index is 458. The Morgan fingerprint density at radius 3 is 2.67 bits per heavy atom. The second-order valence-electron chi connectivity index (χ2n) is 2.39. The van der Waals surface area contributed by atoms with Crippen LogP contribution >= 0.6 is 22.6 Å². The van der Waals surface area contributed by atoms with E-state index in [4.69, 9.17) is 5.26 Å². The number of hydrogen-bond acceptors (Lipinski definition) is 4. The number of rotatable bonds is 2. The lowest BCUT2D eigenvalue weighted by Gasteiger charge is -2.04. The highest BCUT2D eigenvalue weighted by Gasteiger charge is 2.29. The molecule has 0 aromatic carbocycles. The van der Waals surface area contributed by atoms with Crippen LogP contribution < -0.4 is 0 Å². The molecule has 0 fully saturated rings. The Labute approximate surface area is 96.0 Å². The molecular weight excluding hydrogens is 323 g/mol. The topological polar surface area (TPSA) is 79.8 Å². The van der Waals surface area contributed by atoms with Gasteiger partial charge in [-0.25, -0.2) is 13.8 Å². The molecule has 0 aliphatic rings. The summed E-state index contributed by atoms with van der Waals surface area (Å²) in [5, 5.41) is 19.0. The Kier molecular flexibility index (Phi) is 3.46. The lowest BCUT2D eigenvalue weighted by Crippen LogP contribution is -2.03. The fourth-order valence-corrected chi connectivity index (χ4v) is 1.60. The third-order valence-corrected chi connectivity index (χ3v) is 2.34. The van der Waals surface area contributed by atoms with Gasteiger partial charge in [-0.1, -0.05) is 0 Å². The fourth-order valence-electron chi connectivity index (χ4n) is 0.974. The largest absolute Gasteiger partial charge is 0.296 e. The molecule has 8 heteroatoms. The van der Waals surface area contributed by atoms with Gasteiger partial charge in [0.2, 0.25) is 0 Å². The van der Waals surface area contributed by atoms with Crippen molar-refractivity contribution in [1.82, 2.24) is 4.98 Å². The second kappa shape index (κ2) is 4.43. The van der Waals surface area contributed by atoms with Crippen LogP contribution in [0.1, 0.15) is 17.7 Å². The SMILES string of the molecule is N#Cc1ncc(I)c([N+](=O)[O-])c1C(F)F. The molecule has 1 aromatic rings. The van der Waals surface area contributed by atoms with Gasteiger partial charge < -0.3 is 0 Å². The van der Waals surface area contributed by atoms with Crippen molar-refractivity contribution in [2.24, 2.45) is 0 Å². The number of nitriles is 1. The van der Waals surface area contributed by atoms with Crippen molar-refractivity contribution in [2.75, 3.05) is 0 Å². The van der Waals surface area contributed by atoms with Crippen LogP contribution in [0.3, 0.4) is 0 Å². The Morgan fingerprint density at radius 1 is 1.67 bits per heavy atom. The summed E-state index contributed by atoms with van der Waals surface area (Å²) in [4.78, 5) is 13.0. The van der Waals surface area contributed by atoms with Gasteiger partial charge in [0.15, 0.2) is 5.69 Å². The first-order valence-corrected chi connectivity index (χ1v) is 4.58. The summed E-state index contributed by atoms with van der Waals surface area (Å²) in [5.74, 6) is 0. The predicted octanol–water partition coefficient (Wildman–Crippen LogP) is 2.40. The Morgan fingerprint density at radius 2 is 2.27 bits per heavy atom. The van der Waals surface area contributed by atoms with E-state index in [0.29, 0.717) is 0 Å². The molecule has 1 aromatic heterocycles. The van der Waals surface area contributed by atoms with Crippen molar-refractivity contribution in [3.8, 4) is 6.07 Å². The van der Waals surface area contributed by atoms with Crippen molar-refractivity contribution in [3.63, 3.8) is 0 Å². The van der Waals surface area contributed by atoms with Crippen LogP contribution in [-0.2, 0) is 0 Å². The number of alkyl halides is 2. The Hall–Kier alpha value is -1.37. The average molecular weight is 325 g/mol. The molecule has 1 heterocycles. The van der Waals surface area contributed by atoms with Crippen molar-refractivity contribution in [2.45, 2.75) is 6.43 Å². The molecule has 1 rings (SSSR count). The van der Waals surface area contributed by atoms with Crippen LogP contribution in [0.2, 0.25) is 0 Å². The van der Waals surface area contributed by atoms with Crippen LogP contribution in [0.15, 0.2) is 6.20 Å². The van der Waals surface area contributed by atoms with Gasteiger partial charge in [0.05, 0.1) is 4.92 Å².